The van der Waals surface area contributed by atoms with Crippen LogP contribution in [0.15, 0.2) is 23.1 Å². The molecule has 1 atom stereocenters. The molecule has 0 fully saturated rings. The maximum atomic E-state index is 12.2. The Kier molecular flexibility index (Phi) is 3.19. The predicted molar refractivity (Wildman–Crippen MR) is 64.9 cm³/mol. The molecule has 0 spiro atoms. The number of sulfone groups is 1. The highest BCUT2D eigenvalue weighted by Gasteiger charge is 2.41. The van der Waals surface area contributed by atoms with Gasteiger partial charge in [0.05, 0.1) is 24.1 Å². The fourth-order valence-electron chi connectivity index (χ4n) is 1.85. The van der Waals surface area contributed by atoms with Gasteiger partial charge in [0.2, 0.25) is 5.91 Å². The van der Waals surface area contributed by atoms with E-state index in [1.54, 1.807) is 0 Å². The zero-order valence-electron chi connectivity index (χ0n) is 9.91. The fourth-order valence-corrected chi connectivity index (χ4v) is 3.53. The van der Waals surface area contributed by atoms with E-state index in [0.717, 1.165) is 0 Å². The average molecular weight is 285 g/mol. The van der Waals surface area contributed by atoms with Crippen LogP contribution >= 0.6 is 0 Å². The smallest absolute Gasteiger partial charge is 0.305 e. The SMILES string of the molecule is COc1ccc2c(c1)NC(=O)C(CC(=O)O)S2(=O)=O. The number of amides is 1. The van der Waals surface area contributed by atoms with E-state index in [2.05, 4.69) is 5.32 Å². The van der Waals surface area contributed by atoms with Crippen LogP contribution in [0.1, 0.15) is 6.42 Å². The minimum absolute atomic E-state index is 0.0980. The van der Waals surface area contributed by atoms with E-state index in [0.29, 0.717) is 5.75 Å². The van der Waals surface area contributed by atoms with Gasteiger partial charge >= 0.3 is 5.97 Å². The second-order valence-electron chi connectivity index (χ2n) is 3.98. The highest BCUT2D eigenvalue weighted by atomic mass is 32.2. The van der Waals surface area contributed by atoms with Crippen molar-refractivity contribution in [1.29, 1.82) is 0 Å². The molecule has 1 aromatic carbocycles. The summed E-state index contributed by atoms with van der Waals surface area (Å²) >= 11 is 0. The van der Waals surface area contributed by atoms with E-state index in [1.165, 1.54) is 25.3 Å². The Morgan fingerprint density at radius 1 is 1.47 bits per heavy atom. The number of ether oxygens (including phenoxy) is 1. The molecule has 1 unspecified atom stereocenters. The first-order chi connectivity index (χ1) is 8.86. The third kappa shape index (κ3) is 2.26. The number of hydrogen-bond acceptors (Lipinski definition) is 5. The van der Waals surface area contributed by atoms with E-state index >= 15 is 0 Å². The minimum atomic E-state index is -4.00. The lowest BCUT2D eigenvalue weighted by Gasteiger charge is -2.24. The standard InChI is InChI=1S/C11H11NO6S/c1-18-6-2-3-8-7(4-6)12-11(15)9(5-10(13)14)19(8,16)17/h2-4,9H,5H2,1H3,(H,12,15)(H,13,14). The van der Waals surface area contributed by atoms with Gasteiger partial charge in [0.1, 0.15) is 5.75 Å². The first-order valence-corrected chi connectivity index (χ1v) is 6.85. The van der Waals surface area contributed by atoms with Crippen molar-refractivity contribution in [2.24, 2.45) is 0 Å². The molecule has 102 valence electrons. The number of fused-ring (bicyclic) bond motifs is 1. The normalized spacial score (nSPS) is 20.3. The van der Waals surface area contributed by atoms with Crippen LogP contribution in [0.3, 0.4) is 0 Å². The fraction of sp³-hybridized carbons (Fsp3) is 0.273. The Morgan fingerprint density at radius 2 is 2.16 bits per heavy atom. The second-order valence-corrected chi connectivity index (χ2v) is 6.08. The monoisotopic (exact) mass is 285 g/mol. The van der Waals surface area contributed by atoms with Gasteiger partial charge in [-0.25, -0.2) is 8.42 Å². The topological polar surface area (TPSA) is 110 Å². The molecule has 2 N–H and O–H groups in total. The zero-order valence-corrected chi connectivity index (χ0v) is 10.7. The molecule has 0 aliphatic carbocycles. The van der Waals surface area contributed by atoms with Crippen molar-refractivity contribution in [1.82, 2.24) is 0 Å². The predicted octanol–water partition coefficient (Wildman–Crippen LogP) is 0.264. The lowest BCUT2D eigenvalue weighted by atomic mass is 10.2. The number of anilines is 1. The maximum absolute atomic E-state index is 12.2. The van der Waals surface area contributed by atoms with Gasteiger partial charge in [-0.2, -0.15) is 0 Å². The van der Waals surface area contributed by atoms with Gasteiger partial charge in [-0.05, 0) is 12.1 Å². The van der Waals surface area contributed by atoms with E-state index in [4.69, 9.17) is 9.84 Å². The molecule has 0 saturated carbocycles. The van der Waals surface area contributed by atoms with Gasteiger partial charge in [0.15, 0.2) is 15.1 Å². The number of carbonyl (C=O) groups excluding carboxylic acids is 1. The molecule has 0 aromatic heterocycles. The van der Waals surface area contributed by atoms with Crippen molar-refractivity contribution >= 4 is 27.4 Å². The molecule has 1 aromatic rings. The number of methoxy groups -OCH3 is 1. The zero-order chi connectivity index (χ0) is 14.2. The van der Waals surface area contributed by atoms with Crippen LogP contribution in [0.4, 0.5) is 5.69 Å². The first-order valence-electron chi connectivity index (χ1n) is 5.31. The third-order valence-electron chi connectivity index (χ3n) is 2.78. The first kappa shape index (κ1) is 13.3. The maximum Gasteiger partial charge on any atom is 0.305 e. The number of benzene rings is 1. The molecule has 0 bridgehead atoms. The Labute approximate surface area is 109 Å². The highest BCUT2D eigenvalue weighted by Crippen LogP contribution is 2.34. The molecule has 0 saturated heterocycles. The Balaban J connectivity index is 2.54. The van der Waals surface area contributed by atoms with Crippen molar-refractivity contribution < 1.29 is 27.9 Å². The molecule has 19 heavy (non-hydrogen) atoms. The second kappa shape index (κ2) is 4.54. The van der Waals surface area contributed by atoms with Crippen molar-refractivity contribution in [3.63, 3.8) is 0 Å². The van der Waals surface area contributed by atoms with E-state index < -0.39 is 33.4 Å². The van der Waals surface area contributed by atoms with Gasteiger partial charge in [-0.1, -0.05) is 0 Å². The van der Waals surface area contributed by atoms with Crippen LogP contribution in [0, 0.1) is 0 Å². The summed E-state index contributed by atoms with van der Waals surface area (Å²) in [5, 5.41) is 9.46. The Morgan fingerprint density at radius 3 is 2.74 bits per heavy atom. The van der Waals surface area contributed by atoms with E-state index in [9.17, 15) is 18.0 Å². The number of nitrogens with one attached hydrogen (secondary N) is 1. The molecule has 7 nitrogen and oxygen atoms in total. The van der Waals surface area contributed by atoms with Gasteiger partial charge in [-0.3, -0.25) is 9.59 Å². The number of carbonyl (C=O) groups is 2. The summed E-state index contributed by atoms with van der Waals surface area (Å²) in [6, 6.07) is 4.10. The van der Waals surface area contributed by atoms with Crippen LogP contribution in [0.25, 0.3) is 0 Å². The van der Waals surface area contributed by atoms with E-state index in [-0.39, 0.29) is 10.6 Å². The summed E-state index contributed by atoms with van der Waals surface area (Å²) in [7, 11) is -2.59. The third-order valence-corrected chi connectivity index (χ3v) is 4.88. The molecule has 1 aliphatic rings. The van der Waals surface area contributed by atoms with Crippen LogP contribution < -0.4 is 10.1 Å². The molecule has 0 radical (unpaired) electrons. The van der Waals surface area contributed by atoms with Crippen molar-refractivity contribution in [3.05, 3.63) is 18.2 Å². The Hall–Kier alpha value is -2.09. The summed E-state index contributed by atoms with van der Waals surface area (Å²) in [6.07, 6.45) is -0.764. The van der Waals surface area contributed by atoms with Gasteiger partial charge in [0, 0.05) is 6.07 Å². The lowest BCUT2D eigenvalue weighted by Crippen LogP contribution is -2.41. The Bertz CT molecular complexity index is 651. The minimum Gasteiger partial charge on any atom is -0.497 e. The molecular formula is C11H11NO6S. The van der Waals surface area contributed by atoms with Crippen LogP contribution in [-0.2, 0) is 19.4 Å². The summed E-state index contributed by atoms with van der Waals surface area (Å²) in [6.45, 7) is 0. The van der Waals surface area contributed by atoms with E-state index in [1.807, 2.05) is 0 Å². The summed E-state index contributed by atoms with van der Waals surface area (Å²) in [4.78, 5) is 22.3. The van der Waals surface area contributed by atoms with Gasteiger partial charge in [0.25, 0.3) is 0 Å². The van der Waals surface area contributed by atoms with Crippen LogP contribution in [0.5, 0.6) is 5.75 Å². The number of hydrogen-bond donors (Lipinski definition) is 2. The molecule has 2 rings (SSSR count). The number of rotatable bonds is 3. The van der Waals surface area contributed by atoms with Crippen molar-refractivity contribution in [2.75, 3.05) is 12.4 Å². The number of carboxylic acids is 1. The van der Waals surface area contributed by atoms with Crippen molar-refractivity contribution in [2.45, 2.75) is 16.6 Å². The largest absolute Gasteiger partial charge is 0.497 e. The molecular weight excluding hydrogens is 274 g/mol. The van der Waals surface area contributed by atoms with Crippen LogP contribution in [0.2, 0.25) is 0 Å². The number of carboxylic acid groups (broad SMARTS) is 1. The average Bonchev–Trinajstić information content (AvgIpc) is 2.33. The molecule has 1 heterocycles. The number of aliphatic carboxylic acids is 1. The van der Waals surface area contributed by atoms with Gasteiger partial charge in [-0.15, -0.1) is 0 Å². The quantitative estimate of drug-likeness (QED) is 0.824. The van der Waals surface area contributed by atoms with Crippen molar-refractivity contribution in [3.8, 4) is 5.75 Å². The molecule has 1 amide bonds. The molecule has 8 heteroatoms. The summed E-state index contributed by atoms with van der Waals surface area (Å²) in [5.41, 5.74) is 0.103. The summed E-state index contributed by atoms with van der Waals surface area (Å²) < 4.78 is 29.3. The molecule has 1 aliphatic heterocycles. The lowest BCUT2D eigenvalue weighted by molar-refractivity contribution is -0.138. The summed E-state index contributed by atoms with van der Waals surface area (Å²) in [5.74, 6) is -1.80. The van der Waals surface area contributed by atoms with Gasteiger partial charge < -0.3 is 15.2 Å². The highest BCUT2D eigenvalue weighted by molar-refractivity contribution is 7.93. The van der Waals surface area contributed by atoms with Crippen LogP contribution in [-0.4, -0.2) is 37.8 Å².